The molecule has 2 fully saturated rings. The van der Waals surface area contributed by atoms with Crippen molar-refractivity contribution in [3.63, 3.8) is 0 Å². The first-order chi connectivity index (χ1) is 12.8. The van der Waals surface area contributed by atoms with E-state index in [1.807, 2.05) is 49.1 Å². The molecule has 1 aromatic rings. The molecule has 0 bridgehead atoms. The van der Waals surface area contributed by atoms with Crippen molar-refractivity contribution in [2.75, 3.05) is 6.54 Å². The third-order valence-corrected chi connectivity index (χ3v) is 5.88. The zero-order valence-electron chi connectivity index (χ0n) is 16.4. The second-order valence-corrected chi connectivity index (χ2v) is 8.07. The largest absolute Gasteiger partial charge is 0.336 e. The smallest absolute Gasteiger partial charge is 0.325 e. The van der Waals surface area contributed by atoms with Crippen LogP contribution in [0.4, 0.5) is 4.79 Å². The van der Waals surface area contributed by atoms with Gasteiger partial charge in [0.2, 0.25) is 5.91 Å². The first kappa shape index (κ1) is 19.4. The third-order valence-electron chi connectivity index (χ3n) is 5.88. The van der Waals surface area contributed by atoms with Crippen molar-refractivity contribution in [3.8, 4) is 0 Å². The third kappa shape index (κ3) is 3.99. The van der Waals surface area contributed by atoms with Gasteiger partial charge in [-0.3, -0.25) is 14.5 Å². The summed E-state index contributed by atoms with van der Waals surface area (Å²) in [5, 5.41) is 2.80. The van der Waals surface area contributed by atoms with Gasteiger partial charge in [-0.2, -0.15) is 0 Å². The van der Waals surface area contributed by atoms with E-state index in [1.54, 1.807) is 6.92 Å². The van der Waals surface area contributed by atoms with E-state index >= 15 is 0 Å². The number of piperidine rings is 1. The maximum Gasteiger partial charge on any atom is 0.325 e. The van der Waals surface area contributed by atoms with E-state index in [1.165, 1.54) is 0 Å². The molecule has 2 heterocycles. The van der Waals surface area contributed by atoms with Gasteiger partial charge in [0.25, 0.3) is 5.91 Å². The number of carbonyl (C=O) groups is 3. The number of carbonyl (C=O) groups excluding carboxylic acids is 3. The number of hydrogen-bond acceptors (Lipinski definition) is 3. The molecule has 0 saturated carbocycles. The van der Waals surface area contributed by atoms with E-state index in [-0.39, 0.29) is 30.4 Å². The minimum absolute atomic E-state index is 0.145. The van der Waals surface area contributed by atoms with Gasteiger partial charge in [-0.25, -0.2) is 4.79 Å². The molecule has 0 spiro atoms. The molecule has 0 radical (unpaired) electrons. The van der Waals surface area contributed by atoms with Crippen LogP contribution in [-0.4, -0.2) is 51.8 Å². The highest BCUT2D eigenvalue weighted by atomic mass is 16.2. The first-order valence-electron chi connectivity index (χ1n) is 9.81. The van der Waals surface area contributed by atoms with Gasteiger partial charge < -0.3 is 10.2 Å². The first-order valence-corrected chi connectivity index (χ1v) is 9.81. The highest BCUT2D eigenvalue weighted by Gasteiger charge is 2.48. The van der Waals surface area contributed by atoms with Crippen molar-refractivity contribution >= 4 is 17.8 Å². The number of imide groups is 1. The lowest BCUT2D eigenvalue weighted by atomic mass is 9.93. The van der Waals surface area contributed by atoms with Gasteiger partial charge in [0.15, 0.2) is 0 Å². The number of rotatable bonds is 5. The molecule has 27 heavy (non-hydrogen) atoms. The lowest BCUT2D eigenvalue weighted by molar-refractivity contribution is -0.142. The van der Waals surface area contributed by atoms with Crippen LogP contribution < -0.4 is 5.32 Å². The van der Waals surface area contributed by atoms with E-state index in [4.69, 9.17) is 0 Å². The number of nitrogens with zero attached hydrogens (tertiary/aromatic N) is 2. The Morgan fingerprint density at radius 2 is 1.78 bits per heavy atom. The van der Waals surface area contributed by atoms with E-state index in [2.05, 4.69) is 5.32 Å². The minimum Gasteiger partial charge on any atom is -0.336 e. The Balaban J connectivity index is 1.65. The number of hydrogen-bond donors (Lipinski definition) is 1. The van der Waals surface area contributed by atoms with Crippen LogP contribution in [0.15, 0.2) is 30.3 Å². The molecule has 0 aromatic heterocycles. The zero-order chi connectivity index (χ0) is 19.6. The van der Waals surface area contributed by atoms with Gasteiger partial charge in [0.05, 0.1) is 0 Å². The summed E-state index contributed by atoms with van der Waals surface area (Å²) in [6.07, 6.45) is 4.22. The fourth-order valence-electron chi connectivity index (χ4n) is 4.23. The van der Waals surface area contributed by atoms with Crippen molar-refractivity contribution in [1.82, 2.24) is 15.1 Å². The molecule has 0 aliphatic carbocycles. The Hall–Kier alpha value is -2.37. The zero-order valence-corrected chi connectivity index (χ0v) is 16.4. The van der Waals surface area contributed by atoms with Gasteiger partial charge in [0, 0.05) is 12.1 Å². The summed E-state index contributed by atoms with van der Waals surface area (Å²) in [5.41, 5.74) is 0.151. The Kier molecular flexibility index (Phi) is 5.53. The van der Waals surface area contributed by atoms with Crippen LogP contribution in [0.2, 0.25) is 0 Å². The molecular weight excluding hydrogens is 342 g/mol. The molecule has 1 N–H and O–H groups in total. The molecule has 0 unspecified atom stereocenters. The quantitative estimate of drug-likeness (QED) is 0.809. The maximum absolute atomic E-state index is 12.9. The Labute approximate surface area is 160 Å². The number of nitrogens with one attached hydrogen (secondary N) is 1. The maximum atomic E-state index is 12.9. The lowest BCUT2D eigenvalue weighted by Gasteiger charge is -2.39. The normalized spacial score (nSPS) is 28.4. The van der Waals surface area contributed by atoms with Crippen molar-refractivity contribution in [2.24, 2.45) is 0 Å². The standard InChI is InChI=1S/C21H29N3O3/c1-15-8-7-9-16(2)24(15)18(25)14-23-19(26)21(3,22-20(23)27)13-12-17-10-5-4-6-11-17/h4-6,10-11,15-16H,7-9,12-14H2,1-3H3,(H,22,27)/t15-,16+,21-/m1/s1. The monoisotopic (exact) mass is 371 g/mol. The fraction of sp³-hybridized carbons (Fsp3) is 0.571. The van der Waals surface area contributed by atoms with Crippen LogP contribution >= 0.6 is 0 Å². The second-order valence-electron chi connectivity index (χ2n) is 8.07. The van der Waals surface area contributed by atoms with Crippen LogP contribution in [0.5, 0.6) is 0 Å². The van der Waals surface area contributed by atoms with Crippen molar-refractivity contribution in [3.05, 3.63) is 35.9 Å². The van der Waals surface area contributed by atoms with E-state index in [0.717, 1.165) is 29.7 Å². The van der Waals surface area contributed by atoms with Crippen LogP contribution in [0.1, 0.15) is 52.0 Å². The van der Waals surface area contributed by atoms with Crippen molar-refractivity contribution in [2.45, 2.75) is 70.5 Å². The van der Waals surface area contributed by atoms with Crippen molar-refractivity contribution in [1.29, 1.82) is 0 Å². The summed E-state index contributed by atoms with van der Waals surface area (Å²) in [7, 11) is 0. The summed E-state index contributed by atoms with van der Waals surface area (Å²) in [6.45, 7) is 5.62. The molecule has 146 valence electrons. The average Bonchev–Trinajstić information content (AvgIpc) is 2.84. The highest BCUT2D eigenvalue weighted by Crippen LogP contribution is 2.26. The van der Waals surface area contributed by atoms with Crippen LogP contribution in [0.25, 0.3) is 0 Å². The van der Waals surface area contributed by atoms with Crippen LogP contribution in [0.3, 0.4) is 0 Å². The van der Waals surface area contributed by atoms with E-state index < -0.39 is 11.6 Å². The van der Waals surface area contributed by atoms with Gasteiger partial charge in [-0.1, -0.05) is 30.3 Å². The number of benzene rings is 1. The number of amides is 4. The van der Waals surface area contributed by atoms with Crippen LogP contribution in [-0.2, 0) is 16.0 Å². The van der Waals surface area contributed by atoms with Gasteiger partial charge in [-0.05, 0) is 58.4 Å². The SMILES string of the molecule is C[C@@H]1CCC[C@H](C)N1C(=O)CN1C(=O)N[C@](C)(CCc2ccccc2)C1=O. The predicted octanol–water partition coefficient (Wildman–Crippen LogP) is 2.72. The summed E-state index contributed by atoms with van der Waals surface area (Å²) in [4.78, 5) is 41.1. The summed E-state index contributed by atoms with van der Waals surface area (Å²) >= 11 is 0. The Bertz CT molecular complexity index is 711. The van der Waals surface area contributed by atoms with Crippen LogP contribution in [0, 0.1) is 0 Å². The molecule has 2 saturated heterocycles. The molecule has 1 aromatic carbocycles. The summed E-state index contributed by atoms with van der Waals surface area (Å²) in [5.74, 6) is -0.459. The topological polar surface area (TPSA) is 69.7 Å². The minimum atomic E-state index is -0.966. The number of aryl methyl sites for hydroxylation is 1. The van der Waals surface area contributed by atoms with Gasteiger partial charge >= 0.3 is 6.03 Å². The van der Waals surface area contributed by atoms with E-state index in [0.29, 0.717) is 12.8 Å². The van der Waals surface area contributed by atoms with E-state index in [9.17, 15) is 14.4 Å². The summed E-state index contributed by atoms with van der Waals surface area (Å²) in [6, 6.07) is 9.69. The summed E-state index contributed by atoms with van der Waals surface area (Å²) < 4.78 is 0. The average molecular weight is 371 g/mol. The fourth-order valence-corrected chi connectivity index (χ4v) is 4.23. The van der Waals surface area contributed by atoms with Gasteiger partial charge in [-0.15, -0.1) is 0 Å². The molecular formula is C21H29N3O3. The Morgan fingerprint density at radius 3 is 2.41 bits per heavy atom. The number of urea groups is 1. The lowest BCUT2D eigenvalue weighted by Crippen LogP contribution is -2.52. The second kappa shape index (κ2) is 7.71. The number of likely N-dealkylation sites (tertiary alicyclic amines) is 1. The molecule has 2 aliphatic rings. The van der Waals surface area contributed by atoms with Crippen molar-refractivity contribution < 1.29 is 14.4 Å². The molecule has 3 atom stereocenters. The molecule has 6 nitrogen and oxygen atoms in total. The predicted molar refractivity (Wildman–Crippen MR) is 103 cm³/mol. The molecule has 6 heteroatoms. The van der Waals surface area contributed by atoms with Gasteiger partial charge in [0.1, 0.15) is 12.1 Å². The molecule has 4 amide bonds. The molecule has 2 aliphatic heterocycles. The Morgan fingerprint density at radius 1 is 1.15 bits per heavy atom. The highest BCUT2D eigenvalue weighted by molar-refractivity contribution is 6.08. The molecule has 3 rings (SSSR count).